The number of hydrogen-bond acceptors (Lipinski definition) is 4. The molecule has 2 amide bonds. The van der Waals surface area contributed by atoms with E-state index in [1.807, 2.05) is 26.0 Å². The molecule has 0 unspecified atom stereocenters. The lowest BCUT2D eigenvalue weighted by Crippen LogP contribution is -2.40. The quantitative estimate of drug-likeness (QED) is 0.807. The summed E-state index contributed by atoms with van der Waals surface area (Å²) in [5.74, 6) is 1.80. The van der Waals surface area contributed by atoms with Gasteiger partial charge in [0.15, 0.2) is 11.5 Å². The van der Waals surface area contributed by atoms with Crippen LogP contribution in [0.25, 0.3) is 0 Å². The van der Waals surface area contributed by atoms with Crippen LogP contribution in [0.4, 0.5) is 4.79 Å². The van der Waals surface area contributed by atoms with E-state index in [-0.39, 0.29) is 12.1 Å². The summed E-state index contributed by atoms with van der Waals surface area (Å²) in [5, 5.41) is 5.57. The summed E-state index contributed by atoms with van der Waals surface area (Å²) in [5.41, 5.74) is 0.944. The molecule has 0 atom stereocenters. The molecule has 0 saturated carbocycles. The zero-order valence-corrected chi connectivity index (χ0v) is 13.3. The van der Waals surface area contributed by atoms with Crippen LogP contribution in [0.2, 0.25) is 0 Å². The van der Waals surface area contributed by atoms with Gasteiger partial charge in [-0.15, -0.1) is 0 Å². The van der Waals surface area contributed by atoms with E-state index in [2.05, 4.69) is 10.6 Å². The Balaban J connectivity index is 2.73. The highest BCUT2D eigenvalue weighted by Gasteiger charge is 2.15. The lowest BCUT2D eigenvalue weighted by atomic mass is 10.1. The normalized spacial score (nSPS) is 10.2. The van der Waals surface area contributed by atoms with Gasteiger partial charge in [-0.2, -0.15) is 0 Å². The fourth-order valence-corrected chi connectivity index (χ4v) is 1.98. The summed E-state index contributed by atoms with van der Waals surface area (Å²) in [7, 11) is 4.73. The van der Waals surface area contributed by atoms with Crippen LogP contribution in [-0.4, -0.2) is 39.9 Å². The molecule has 1 aromatic carbocycles. The third kappa shape index (κ3) is 4.73. The summed E-state index contributed by atoms with van der Waals surface area (Å²) < 4.78 is 16.0. The first-order chi connectivity index (χ1) is 10.0. The predicted molar refractivity (Wildman–Crippen MR) is 81.5 cm³/mol. The van der Waals surface area contributed by atoms with Crippen molar-refractivity contribution in [3.63, 3.8) is 0 Å². The standard InChI is InChI=1S/C15H24N2O4/c1-10(2)17-15(18)16-9-8-11-6-7-12(19-3)14(21-5)13(11)20-4/h6-7,10H,8-9H2,1-5H3,(H2,16,17,18). The molecule has 0 radical (unpaired) electrons. The highest BCUT2D eigenvalue weighted by Crippen LogP contribution is 2.39. The van der Waals surface area contributed by atoms with Crippen LogP contribution in [0.5, 0.6) is 17.2 Å². The molecule has 118 valence electrons. The van der Waals surface area contributed by atoms with Gasteiger partial charge in [0.1, 0.15) is 0 Å². The van der Waals surface area contributed by atoms with E-state index in [9.17, 15) is 4.79 Å². The van der Waals surface area contributed by atoms with Crippen molar-refractivity contribution in [1.82, 2.24) is 10.6 Å². The average Bonchev–Trinajstić information content (AvgIpc) is 2.45. The number of ether oxygens (including phenoxy) is 3. The smallest absolute Gasteiger partial charge is 0.314 e. The van der Waals surface area contributed by atoms with Crippen molar-refractivity contribution in [3.05, 3.63) is 17.7 Å². The van der Waals surface area contributed by atoms with Crippen LogP contribution < -0.4 is 24.8 Å². The van der Waals surface area contributed by atoms with Gasteiger partial charge in [-0.05, 0) is 26.3 Å². The topological polar surface area (TPSA) is 68.8 Å². The molecule has 1 aromatic rings. The monoisotopic (exact) mass is 296 g/mol. The molecule has 0 bridgehead atoms. The van der Waals surface area contributed by atoms with Crippen molar-refractivity contribution < 1.29 is 19.0 Å². The molecule has 0 heterocycles. The number of carbonyl (C=O) groups is 1. The Morgan fingerprint density at radius 3 is 2.29 bits per heavy atom. The number of urea groups is 1. The van der Waals surface area contributed by atoms with Gasteiger partial charge in [-0.3, -0.25) is 0 Å². The maximum Gasteiger partial charge on any atom is 0.314 e. The third-order valence-electron chi connectivity index (χ3n) is 2.89. The fourth-order valence-electron chi connectivity index (χ4n) is 1.98. The molecule has 1 rings (SSSR count). The summed E-state index contributed by atoms with van der Waals surface area (Å²) in [4.78, 5) is 11.5. The maximum absolute atomic E-state index is 11.5. The SMILES string of the molecule is COc1ccc(CCNC(=O)NC(C)C)c(OC)c1OC. The lowest BCUT2D eigenvalue weighted by Gasteiger charge is -2.16. The summed E-state index contributed by atoms with van der Waals surface area (Å²) >= 11 is 0. The number of amides is 2. The minimum Gasteiger partial charge on any atom is -0.493 e. The lowest BCUT2D eigenvalue weighted by molar-refractivity contribution is 0.238. The molecule has 2 N–H and O–H groups in total. The first kappa shape index (κ1) is 16.9. The number of benzene rings is 1. The second-order valence-electron chi connectivity index (χ2n) is 4.80. The van der Waals surface area contributed by atoms with Crippen LogP contribution in [-0.2, 0) is 6.42 Å². The molecule has 0 fully saturated rings. The molecular weight excluding hydrogens is 272 g/mol. The largest absolute Gasteiger partial charge is 0.493 e. The second kappa shape index (κ2) is 8.24. The molecule has 6 heteroatoms. The molecule has 0 aromatic heterocycles. The van der Waals surface area contributed by atoms with Crippen molar-refractivity contribution in [3.8, 4) is 17.2 Å². The average molecular weight is 296 g/mol. The Bertz CT molecular complexity index is 475. The summed E-state index contributed by atoms with van der Waals surface area (Å²) in [6.07, 6.45) is 0.634. The Labute approximate surface area is 125 Å². The first-order valence-corrected chi connectivity index (χ1v) is 6.85. The maximum atomic E-state index is 11.5. The number of hydrogen-bond donors (Lipinski definition) is 2. The molecule has 21 heavy (non-hydrogen) atoms. The van der Waals surface area contributed by atoms with Gasteiger partial charge >= 0.3 is 6.03 Å². The van der Waals surface area contributed by atoms with E-state index < -0.39 is 0 Å². The van der Waals surface area contributed by atoms with Crippen molar-refractivity contribution in [2.45, 2.75) is 26.3 Å². The van der Waals surface area contributed by atoms with Crippen molar-refractivity contribution in [1.29, 1.82) is 0 Å². The number of rotatable bonds is 7. The van der Waals surface area contributed by atoms with Gasteiger partial charge in [0, 0.05) is 18.2 Å². The molecule has 0 aliphatic heterocycles. The number of carbonyl (C=O) groups excluding carboxylic acids is 1. The van der Waals surface area contributed by atoms with E-state index in [1.54, 1.807) is 21.3 Å². The molecule has 0 aliphatic rings. The minimum absolute atomic E-state index is 0.112. The fraction of sp³-hybridized carbons (Fsp3) is 0.533. The van der Waals surface area contributed by atoms with Crippen LogP contribution in [0.1, 0.15) is 19.4 Å². The molecule has 0 saturated heterocycles. The van der Waals surface area contributed by atoms with Gasteiger partial charge in [0.2, 0.25) is 5.75 Å². The van der Waals surface area contributed by atoms with Crippen LogP contribution in [0.15, 0.2) is 12.1 Å². The minimum atomic E-state index is -0.176. The molecule has 0 aliphatic carbocycles. The number of nitrogens with one attached hydrogen (secondary N) is 2. The molecule has 0 spiro atoms. The second-order valence-corrected chi connectivity index (χ2v) is 4.80. The summed E-state index contributed by atoms with van der Waals surface area (Å²) in [6.45, 7) is 4.33. The van der Waals surface area contributed by atoms with Gasteiger partial charge in [0.05, 0.1) is 21.3 Å². The highest BCUT2D eigenvalue weighted by molar-refractivity contribution is 5.74. The van der Waals surface area contributed by atoms with Crippen LogP contribution in [0, 0.1) is 0 Å². The molecular formula is C15H24N2O4. The summed E-state index contributed by atoms with van der Waals surface area (Å²) in [6, 6.07) is 3.66. The van der Waals surface area contributed by atoms with E-state index in [1.165, 1.54) is 0 Å². The highest BCUT2D eigenvalue weighted by atomic mass is 16.5. The van der Waals surface area contributed by atoms with Gasteiger partial charge in [-0.1, -0.05) is 6.07 Å². The van der Waals surface area contributed by atoms with Gasteiger partial charge in [0.25, 0.3) is 0 Å². The van der Waals surface area contributed by atoms with Crippen molar-refractivity contribution in [2.24, 2.45) is 0 Å². The van der Waals surface area contributed by atoms with Crippen LogP contribution >= 0.6 is 0 Å². The van der Waals surface area contributed by atoms with Crippen LogP contribution in [0.3, 0.4) is 0 Å². The van der Waals surface area contributed by atoms with Gasteiger partial charge in [-0.25, -0.2) is 4.79 Å². The van der Waals surface area contributed by atoms with E-state index in [0.29, 0.717) is 30.2 Å². The molecule has 6 nitrogen and oxygen atoms in total. The van der Waals surface area contributed by atoms with E-state index in [0.717, 1.165) is 5.56 Å². The van der Waals surface area contributed by atoms with Crippen molar-refractivity contribution >= 4 is 6.03 Å². The Kier molecular flexibility index (Phi) is 6.65. The van der Waals surface area contributed by atoms with E-state index in [4.69, 9.17) is 14.2 Å². The predicted octanol–water partition coefficient (Wildman–Crippen LogP) is 1.96. The third-order valence-corrected chi connectivity index (χ3v) is 2.89. The van der Waals surface area contributed by atoms with Gasteiger partial charge < -0.3 is 24.8 Å². The first-order valence-electron chi connectivity index (χ1n) is 6.85. The number of methoxy groups -OCH3 is 3. The Morgan fingerprint density at radius 2 is 1.76 bits per heavy atom. The van der Waals surface area contributed by atoms with Crippen molar-refractivity contribution in [2.75, 3.05) is 27.9 Å². The Morgan fingerprint density at radius 1 is 1.10 bits per heavy atom. The van der Waals surface area contributed by atoms with E-state index >= 15 is 0 Å². The zero-order valence-electron chi connectivity index (χ0n) is 13.3. The zero-order chi connectivity index (χ0) is 15.8. The Hall–Kier alpha value is -2.11.